The van der Waals surface area contributed by atoms with Crippen LogP contribution < -0.4 is 10.1 Å². The van der Waals surface area contributed by atoms with Gasteiger partial charge in [-0.15, -0.1) is 24.8 Å². The summed E-state index contributed by atoms with van der Waals surface area (Å²) in [7, 11) is 1.76. The van der Waals surface area contributed by atoms with Gasteiger partial charge < -0.3 is 10.1 Å². The summed E-state index contributed by atoms with van der Waals surface area (Å²) < 4.78 is 5.75. The Bertz CT molecular complexity index is 1120. The van der Waals surface area contributed by atoms with Crippen LogP contribution in [0, 0.1) is 17.4 Å². The van der Waals surface area contributed by atoms with Crippen LogP contribution in [-0.2, 0) is 6.54 Å². The Hall–Kier alpha value is -2.40. The van der Waals surface area contributed by atoms with Crippen LogP contribution in [0.5, 0.6) is 5.75 Å². The number of hydrogen-bond acceptors (Lipinski definition) is 4. The zero-order chi connectivity index (χ0) is 25.1. The molecule has 3 aromatic rings. The first-order valence-electron chi connectivity index (χ1n) is 13.4. The third-order valence-corrected chi connectivity index (χ3v) is 8.81. The summed E-state index contributed by atoms with van der Waals surface area (Å²) in [5.41, 5.74) is 13.3. The van der Waals surface area contributed by atoms with Gasteiger partial charge in [-0.25, -0.2) is 5.53 Å². The molecule has 0 amide bonds. The summed E-state index contributed by atoms with van der Waals surface area (Å²) >= 11 is 0. The highest BCUT2D eigenvalue weighted by Gasteiger charge is 2.56. The molecule has 4 nitrogen and oxygen atoms in total. The summed E-state index contributed by atoms with van der Waals surface area (Å²) in [6, 6.07) is 28.6. The lowest BCUT2D eigenvalue weighted by atomic mass is 9.52. The molecular weight excluding hydrogens is 513 g/mol. The summed E-state index contributed by atoms with van der Waals surface area (Å²) in [5, 5.41) is 8.47. The molecule has 2 N–H and O–H groups in total. The third kappa shape index (κ3) is 5.78. The maximum atomic E-state index is 8.42. The van der Waals surface area contributed by atoms with Crippen LogP contribution in [0.15, 0.2) is 84.0 Å². The predicted molar refractivity (Wildman–Crippen MR) is 160 cm³/mol. The van der Waals surface area contributed by atoms with E-state index in [0.717, 1.165) is 38.0 Å². The number of hydrogen-bond donors (Lipinski definition) is 2. The maximum Gasteiger partial charge on any atom is 0.123 e. The molecule has 0 radical (unpaired) electrons. The molecule has 6 heteroatoms. The first kappa shape index (κ1) is 30.1. The molecule has 3 aliphatic rings. The molecule has 2 atom stereocenters. The highest BCUT2D eigenvalue weighted by molar-refractivity contribution is 5.85. The van der Waals surface area contributed by atoms with Gasteiger partial charge in [0.2, 0.25) is 0 Å². The standard InChI is InChI=1S/C32H39N3O.2ClH/c1-22(2)26-14-15-28(36-3)27(20-26)21-34-31-25-16-18-32(35-33,19-17-25)30(31)29(23-10-6-4-7-11-23)24-12-8-5-9-13-24;;/h4-15,20,22,25,29-31,33-34H,16-19,21H2,1-3H3;2*1H. The molecule has 0 heterocycles. The van der Waals surface area contributed by atoms with Gasteiger partial charge in [-0.05, 0) is 60.3 Å². The summed E-state index contributed by atoms with van der Waals surface area (Å²) in [6.07, 6.45) is 4.28. The van der Waals surface area contributed by atoms with Crippen LogP contribution in [-0.4, -0.2) is 18.7 Å². The van der Waals surface area contributed by atoms with Crippen molar-refractivity contribution in [1.82, 2.24) is 5.32 Å². The SMILES string of the molecule is COc1ccc(C(C)C)cc1CNC1C2CCC(N=N)(CC2)C1C(c1ccccc1)c1ccccc1.Cl.Cl. The van der Waals surface area contributed by atoms with Crippen LogP contribution in [0.25, 0.3) is 0 Å². The lowest BCUT2D eigenvalue weighted by molar-refractivity contribution is 0.0115. The maximum absolute atomic E-state index is 8.42. The van der Waals surface area contributed by atoms with E-state index in [4.69, 9.17) is 10.3 Å². The number of benzene rings is 3. The van der Waals surface area contributed by atoms with Gasteiger partial charge >= 0.3 is 0 Å². The second kappa shape index (κ2) is 13.1. The fraction of sp³-hybridized carbons (Fsp3) is 0.438. The van der Waals surface area contributed by atoms with E-state index >= 15 is 0 Å². The molecular formula is C32H41Cl2N3O. The van der Waals surface area contributed by atoms with Crippen molar-refractivity contribution in [3.63, 3.8) is 0 Å². The number of methoxy groups -OCH3 is 1. The van der Waals surface area contributed by atoms with E-state index in [1.165, 1.54) is 22.3 Å². The third-order valence-electron chi connectivity index (χ3n) is 8.81. The highest BCUT2D eigenvalue weighted by atomic mass is 35.5. The second-order valence-corrected chi connectivity index (χ2v) is 11.0. The van der Waals surface area contributed by atoms with E-state index in [-0.39, 0.29) is 48.2 Å². The fourth-order valence-corrected chi connectivity index (χ4v) is 6.91. The van der Waals surface area contributed by atoms with E-state index < -0.39 is 0 Å². The topological polar surface area (TPSA) is 57.5 Å². The Morgan fingerprint density at radius 3 is 1.97 bits per heavy atom. The quantitative estimate of drug-likeness (QED) is 0.261. The Labute approximate surface area is 240 Å². The molecule has 3 saturated carbocycles. The van der Waals surface area contributed by atoms with Gasteiger partial charge in [0.25, 0.3) is 0 Å². The molecule has 38 heavy (non-hydrogen) atoms. The molecule has 6 rings (SSSR count). The predicted octanol–water partition coefficient (Wildman–Crippen LogP) is 8.54. The van der Waals surface area contributed by atoms with Crippen LogP contribution in [0.4, 0.5) is 0 Å². The van der Waals surface area contributed by atoms with Crippen molar-refractivity contribution in [3.8, 4) is 5.75 Å². The van der Waals surface area contributed by atoms with Gasteiger partial charge in [0.1, 0.15) is 5.75 Å². The van der Waals surface area contributed by atoms with Crippen molar-refractivity contribution >= 4 is 24.8 Å². The summed E-state index contributed by atoms with van der Waals surface area (Å²) in [5.74, 6) is 2.40. The van der Waals surface area contributed by atoms with Crippen molar-refractivity contribution in [2.75, 3.05) is 7.11 Å². The molecule has 3 aliphatic carbocycles. The average Bonchev–Trinajstić information content (AvgIpc) is 2.94. The zero-order valence-electron chi connectivity index (χ0n) is 22.6. The second-order valence-electron chi connectivity index (χ2n) is 11.0. The number of nitrogens with one attached hydrogen (secondary N) is 2. The van der Waals surface area contributed by atoms with E-state index in [2.05, 4.69) is 103 Å². The summed E-state index contributed by atoms with van der Waals surface area (Å²) in [4.78, 5) is 0. The Kier molecular flexibility index (Phi) is 10.4. The molecule has 3 aromatic carbocycles. The van der Waals surface area contributed by atoms with Crippen molar-refractivity contribution in [1.29, 1.82) is 5.53 Å². The number of fused-ring (bicyclic) bond motifs is 3. The van der Waals surface area contributed by atoms with Gasteiger partial charge in [-0.3, -0.25) is 0 Å². The van der Waals surface area contributed by atoms with E-state index in [9.17, 15) is 0 Å². The van der Waals surface area contributed by atoms with Crippen LogP contribution in [0.3, 0.4) is 0 Å². The van der Waals surface area contributed by atoms with Gasteiger partial charge in [0, 0.05) is 30.0 Å². The largest absolute Gasteiger partial charge is 0.496 e. The minimum atomic E-state index is -0.327. The van der Waals surface area contributed by atoms with Gasteiger partial charge in [0.05, 0.1) is 12.6 Å². The first-order valence-corrected chi connectivity index (χ1v) is 13.4. The average molecular weight is 555 g/mol. The minimum absolute atomic E-state index is 0. The van der Waals surface area contributed by atoms with Crippen LogP contribution >= 0.6 is 24.8 Å². The number of halogens is 2. The molecule has 3 fully saturated rings. The van der Waals surface area contributed by atoms with E-state index in [1.807, 2.05) is 0 Å². The molecule has 2 unspecified atom stereocenters. The van der Waals surface area contributed by atoms with Gasteiger partial charge in [0.15, 0.2) is 0 Å². The number of rotatable bonds is 9. The van der Waals surface area contributed by atoms with Crippen molar-refractivity contribution in [3.05, 3.63) is 101 Å². The molecule has 204 valence electrons. The smallest absolute Gasteiger partial charge is 0.123 e. The number of nitrogens with zero attached hydrogens (tertiary/aromatic N) is 1. The van der Waals surface area contributed by atoms with E-state index in [1.54, 1.807) is 7.11 Å². The first-order chi connectivity index (χ1) is 17.6. The molecule has 0 saturated heterocycles. The van der Waals surface area contributed by atoms with Crippen LogP contribution in [0.1, 0.15) is 73.6 Å². The van der Waals surface area contributed by atoms with Gasteiger partial charge in [-0.2, -0.15) is 5.11 Å². The van der Waals surface area contributed by atoms with Crippen molar-refractivity contribution < 1.29 is 4.74 Å². The summed E-state index contributed by atoms with van der Waals surface area (Å²) in [6.45, 7) is 5.23. The van der Waals surface area contributed by atoms with E-state index in [0.29, 0.717) is 11.8 Å². The van der Waals surface area contributed by atoms with Crippen molar-refractivity contribution in [2.24, 2.45) is 17.0 Å². The monoisotopic (exact) mass is 553 g/mol. The highest BCUT2D eigenvalue weighted by Crippen LogP contribution is 2.56. The Balaban J connectivity index is 0.00000200. The molecule has 0 spiro atoms. The molecule has 0 aromatic heterocycles. The lowest BCUT2D eigenvalue weighted by Gasteiger charge is -2.56. The van der Waals surface area contributed by atoms with Gasteiger partial charge in [-0.1, -0.05) is 86.6 Å². The minimum Gasteiger partial charge on any atom is -0.496 e. The molecule has 0 aliphatic heterocycles. The Morgan fingerprint density at radius 1 is 0.895 bits per heavy atom. The van der Waals surface area contributed by atoms with Crippen LogP contribution in [0.2, 0.25) is 0 Å². The van der Waals surface area contributed by atoms with Crippen molar-refractivity contribution in [2.45, 2.75) is 69.5 Å². The number of ether oxygens (including phenoxy) is 1. The molecule has 2 bridgehead atoms. The fourth-order valence-electron chi connectivity index (χ4n) is 6.91. The Morgan fingerprint density at radius 2 is 1.47 bits per heavy atom. The zero-order valence-corrected chi connectivity index (χ0v) is 24.2. The normalized spacial score (nSPS) is 24.0. The lowest BCUT2D eigenvalue weighted by Crippen LogP contribution is -2.61.